The number of aromatic nitrogens is 1. The highest BCUT2D eigenvalue weighted by molar-refractivity contribution is 7.92. The van der Waals surface area contributed by atoms with Crippen LogP contribution in [0.2, 0.25) is 0 Å². The highest BCUT2D eigenvalue weighted by Crippen LogP contribution is 2.33. The van der Waals surface area contributed by atoms with E-state index in [1.165, 1.54) is 11.3 Å². The summed E-state index contributed by atoms with van der Waals surface area (Å²) in [5.41, 5.74) is 7.83. The Hall–Kier alpha value is -1.68. The molecule has 27 heavy (non-hydrogen) atoms. The Kier molecular flexibility index (Phi) is 7.21. The lowest BCUT2D eigenvalue weighted by atomic mass is 9.95. The molecule has 1 amide bonds. The van der Waals surface area contributed by atoms with Gasteiger partial charge in [0.05, 0.1) is 11.9 Å². The predicted molar refractivity (Wildman–Crippen MR) is 112 cm³/mol. The number of rotatable bonds is 6. The number of halogens is 1. The number of sulfonamides is 1. The molecular formula is C17H23ClN4O3S2. The number of hydrogen-bond donors (Lipinski definition) is 3. The lowest BCUT2D eigenvalue weighted by molar-refractivity contribution is -0.120. The molecule has 7 nitrogen and oxygen atoms in total. The molecule has 1 saturated carbocycles. The monoisotopic (exact) mass is 430 g/mol. The molecule has 0 saturated heterocycles. The number of amides is 1. The lowest BCUT2D eigenvalue weighted by Gasteiger charge is -2.16. The van der Waals surface area contributed by atoms with Gasteiger partial charge in [0, 0.05) is 22.5 Å². The maximum Gasteiger partial charge on any atom is 0.229 e. The fourth-order valence-electron chi connectivity index (χ4n) is 3.25. The molecule has 148 valence electrons. The van der Waals surface area contributed by atoms with E-state index in [0.29, 0.717) is 17.4 Å². The molecule has 4 N–H and O–H groups in total. The molecule has 0 bridgehead atoms. The Bertz CT molecular complexity index is 884. The first kappa shape index (κ1) is 21.6. The normalized spacial score (nSPS) is 19.3. The third-order valence-electron chi connectivity index (χ3n) is 4.52. The Morgan fingerprint density at radius 3 is 2.63 bits per heavy atom. The van der Waals surface area contributed by atoms with Crippen LogP contribution in [0.1, 0.15) is 19.3 Å². The van der Waals surface area contributed by atoms with Crippen LogP contribution in [0.15, 0.2) is 29.6 Å². The molecule has 1 aromatic heterocycles. The highest BCUT2D eigenvalue weighted by Gasteiger charge is 2.32. The van der Waals surface area contributed by atoms with Gasteiger partial charge in [0.25, 0.3) is 0 Å². The van der Waals surface area contributed by atoms with Crippen molar-refractivity contribution in [2.45, 2.75) is 19.3 Å². The average molecular weight is 431 g/mol. The van der Waals surface area contributed by atoms with E-state index in [9.17, 15) is 13.2 Å². The molecule has 1 fully saturated rings. The summed E-state index contributed by atoms with van der Waals surface area (Å²) in [7, 11) is -3.30. The molecule has 0 aliphatic heterocycles. The summed E-state index contributed by atoms with van der Waals surface area (Å²) in [6.07, 6.45) is 4.03. The van der Waals surface area contributed by atoms with Crippen molar-refractivity contribution >= 4 is 50.5 Å². The van der Waals surface area contributed by atoms with E-state index in [1.807, 2.05) is 5.38 Å². The van der Waals surface area contributed by atoms with Crippen LogP contribution in [0.25, 0.3) is 11.3 Å². The first-order valence-electron chi connectivity index (χ1n) is 8.40. The Balaban J connectivity index is 0.00000261. The molecule has 0 unspecified atom stereocenters. The smallest absolute Gasteiger partial charge is 0.229 e. The molecule has 0 radical (unpaired) electrons. The molecule has 3 rings (SSSR count). The van der Waals surface area contributed by atoms with Crippen LogP contribution in [0.3, 0.4) is 0 Å². The van der Waals surface area contributed by atoms with Crippen molar-refractivity contribution in [2.24, 2.45) is 17.6 Å². The first-order valence-corrected chi connectivity index (χ1v) is 11.2. The lowest BCUT2D eigenvalue weighted by Crippen LogP contribution is -2.29. The van der Waals surface area contributed by atoms with E-state index >= 15 is 0 Å². The zero-order valence-electron chi connectivity index (χ0n) is 14.8. The van der Waals surface area contributed by atoms with Gasteiger partial charge in [-0.05, 0) is 37.4 Å². The van der Waals surface area contributed by atoms with E-state index in [4.69, 9.17) is 5.73 Å². The van der Waals surface area contributed by atoms with Crippen molar-refractivity contribution in [1.29, 1.82) is 0 Å². The number of nitrogens with one attached hydrogen (secondary N) is 2. The zero-order chi connectivity index (χ0) is 18.7. The number of nitrogens with zero attached hydrogens (tertiary/aromatic N) is 1. The quantitative estimate of drug-likeness (QED) is 0.651. The fraction of sp³-hybridized carbons (Fsp3) is 0.412. The van der Waals surface area contributed by atoms with E-state index in [-0.39, 0.29) is 30.2 Å². The van der Waals surface area contributed by atoms with Gasteiger partial charge >= 0.3 is 0 Å². The first-order chi connectivity index (χ1) is 12.4. The standard InChI is InChI=1S/C17H22N4O3S2.ClH/c1-26(23,24)21-13-7-5-11(6-8-13)15-10-25-17(19-15)20-16(22)14-4-2-3-12(14)9-18;/h5-8,10,12,14,21H,2-4,9,18H2,1H3,(H,19,20,22);1H/t12-,14-;/m1./s1. The molecule has 2 aromatic rings. The Morgan fingerprint density at radius 1 is 1.30 bits per heavy atom. The summed E-state index contributed by atoms with van der Waals surface area (Å²) in [6, 6.07) is 6.93. The minimum atomic E-state index is -3.30. The van der Waals surface area contributed by atoms with Gasteiger partial charge in [-0.3, -0.25) is 9.52 Å². The minimum absolute atomic E-state index is 0. The fourth-order valence-corrected chi connectivity index (χ4v) is 4.54. The summed E-state index contributed by atoms with van der Waals surface area (Å²) in [6.45, 7) is 0.537. The van der Waals surface area contributed by atoms with Gasteiger partial charge in [-0.15, -0.1) is 23.7 Å². The minimum Gasteiger partial charge on any atom is -0.330 e. The number of benzene rings is 1. The van der Waals surface area contributed by atoms with Gasteiger partial charge in [0.1, 0.15) is 0 Å². The SMILES string of the molecule is CS(=O)(=O)Nc1ccc(-c2csc(NC(=O)[C@@H]3CCC[C@@H]3CN)n2)cc1.Cl. The predicted octanol–water partition coefficient (Wildman–Crippen LogP) is 2.92. The summed E-state index contributed by atoms with van der Waals surface area (Å²) in [5.74, 6) is 0.213. The van der Waals surface area contributed by atoms with Gasteiger partial charge in [-0.25, -0.2) is 13.4 Å². The van der Waals surface area contributed by atoms with Gasteiger partial charge in [0.2, 0.25) is 15.9 Å². The van der Waals surface area contributed by atoms with E-state index in [0.717, 1.165) is 36.8 Å². The van der Waals surface area contributed by atoms with Crippen molar-refractivity contribution in [2.75, 3.05) is 22.8 Å². The Labute approximate surface area is 169 Å². The van der Waals surface area contributed by atoms with Crippen LogP contribution in [-0.2, 0) is 14.8 Å². The largest absolute Gasteiger partial charge is 0.330 e. The second kappa shape index (κ2) is 9.01. The van der Waals surface area contributed by atoms with Crippen LogP contribution < -0.4 is 15.8 Å². The molecule has 2 atom stereocenters. The Morgan fingerprint density at radius 2 is 2.00 bits per heavy atom. The number of carbonyl (C=O) groups is 1. The van der Waals surface area contributed by atoms with Crippen LogP contribution in [0, 0.1) is 11.8 Å². The van der Waals surface area contributed by atoms with Gasteiger partial charge < -0.3 is 11.1 Å². The zero-order valence-corrected chi connectivity index (χ0v) is 17.3. The number of hydrogen-bond acceptors (Lipinski definition) is 6. The van der Waals surface area contributed by atoms with Gasteiger partial charge in [-0.2, -0.15) is 0 Å². The summed E-state index contributed by atoms with van der Waals surface area (Å²) in [4.78, 5) is 16.9. The topological polar surface area (TPSA) is 114 Å². The number of nitrogens with two attached hydrogens (primary N) is 1. The maximum absolute atomic E-state index is 12.4. The van der Waals surface area contributed by atoms with Crippen LogP contribution in [-0.4, -0.2) is 32.1 Å². The second-order valence-corrected chi connectivity index (χ2v) is 9.12. The summed E-state index contributed by atoms with van der Waals surface area (Å²) in [5, 5.41) is 5.33. The van der Waals surface area contributed by atoms with Crippen molar-refractivity contribution in [3.63, 3.8) is 0 Å². The third kappa shape index (κ3) is 5.65. The van der Waals surface area contributed by atoms with Crippen LogP contribution in [0.5, 0.6) is 0 Å². The van der Waals surface area contributed by atoms with Crippen LogP contribution >= 0.6 is 23.7 Å². The molecule has 1 aliphatic carbocycles. The van der Waals surface area contributed by atoms with Gasteiger partial charge in [0.15, 0.2) is 5.13 Å². The van der Waals surface area contributed by atoms with Gasteiger partial charge in [-0.1, -0.05) is 18.6 Å². The average Bonchev–Trinajstić information content (AvgIpc) is 3.23. The van der Waals surface area contributed by atoms with Crippen molar-refractivity contribution < 1.29 is 13.2 Å². The van der Waals surface area contributed by atoms with Crippen molar-refractivity contribution in [3.05, 3.63) is 29.6 Å². The van der Waals surface area contributed by atoms with Crippen molar-refractivity contribution in [1.82, 2.24) is 4.98 Å². The molecule has 0 spiro atoms. The van der Waals surface area contributed by atoms with Crippen LogP contribution in [0.4, 0.5) is 10.8 Å². The maximum atomic E-state index is 12.4. The molecule has 1 aromatic carbocycles. The summed E-state index contributed by atoms with van der Waals surface area (Å²) < 4.78 is 24.9. The number of carbonyl (C=O) groups excluding carboxylic acids is 1. The molecular weight excluding hydrogens is 408 g/mol. The second-order valence-electron chi connectivity index (χ2n) is 6.51. The highest BCUT2D eigenvalue weighted by atomic mass is 35.5. The van der Waals surface area contributed by atoms with E-state index < -0.39 is 10.0 Å². The van der Waals surface area contributed by atoms with E-state index in [1.54, 1.807) is 24.3 Å². The molecule has 1 heterocycles. The number of thiazole rings is 1. The van der Waals surface area contributed by atoms with E-state index in [2.05, 4.69) is 15.0 Å². The third-order valence-corrected chi connectivity index (χ3v) is 5.88. The molecule has 1 aliphatic rings. The van der Waals surface area contributed by atoms with Crippen molar-refractivity contribution in [3.8, 4) is 11.3 Å². The summed E-state index contributed by atoms with van der Waals surface area (Å²) >= 11 is 1.37. The molecule has 10 heteroatoms. The number of anilines is 2.